The Kier molecular flexibility index (Phi) is 19.7. The fraction of sp³-hybridized carbons (Fsp3) is 0.353. The molecule has 9 rings (SSSR count). The Morgan fingerprint density at radius 1 is 0.449 bits per heavy atom. The van der Waals surface area contributed by atoms with Gasteiger partial charge in [-0.3, -0.25) is 15.0 Å². The number of benzene rings is 3. The standard InChI is InChI=1S/C17H20BNO2.C12H24B2O4.C11H8BrN.C6H4BrI.C5H6BNO2/c1-16(2)17(3,4)21-18(20-16)15-9-5-7-13(11-15)14-8-6-10-19-12-14;1-9(2)10(3,4)16-13(15-9)14-17-11(5,6)12(7,8)18-14;12-11-5-1-3-9(7-11)10-4-2-6-13-8-10;7-5-2-1-3-6(8)4-5;8-6(9)5-2-1-3-7-4-5/h5-12H,1-4H3;1-8H3;1-8H;1-4H;1-4,8-9H. The van der Waals surface area contributed by atoms with Gasteiger partial charge in [0.15, 0.2) is 0 Å². The molecule has 11 nitrogen and oxygen atoms in total. The van der Waals surface area contributed by atoms with E-state index in [4.69, 9.17) is 38.0 Å². The van der Waals surface area contributed by atoms with Crippen molar-refractivity contribution in [2.45, 2.75) is 117 Å². The lowest BCUT2D eigenvalue weighted by Gasteiger charge is -2.32. The lowest BCUT2D eigenvalue weighted by atomic mass is 9.49. The predicted octanol–water partition coefficient (Wildman–Crippen LogP) is 10.6. The minimum Gasteiger partial charge on any atom is -0.423 e. The van der Waals surface area contributed by atoms with Crippen LogP contribution < -0.4 is 10.9 Å². The van der Waals surface area contributed by atoms with Gasteiger partial charge in [0, 0.05) is 60.7 Å². The molecule has 0 bridgehead atoms. The van der Waals surface area contributed by atoms with E-state index < -0.39 is 21.1 Å². The Bertz CT molecular complexity index is 2450. The van der Waals surface area contributed by atoms with E-state index in [1.165, 1.54) is 15.3 Å². The van der Waals surface area contributed by atoms with E-state index in [1.807, 2.05) is 116 Å². The second-order valence-corrected chi connectivity index (χ2v) is 22.6. The zero-order valence-corrected chi connectivity index (χ0v) is 46.8. The largest absolute Gasteiger partial charge is 0.494 e. The van der Waals surface area contributed by atoms with Crippen LogP contribution in [0.15, 0.2) is 155 Å². The van der Waals surface area contributed by atoms with Crippen molar-refractivity contribution in [1.82, 2.24) is 15.0 Å². The van der Waals surface area contributed by atoms with Gasteiger partial charge in [-0.25, -0.2) is 0 Å². The third-order valence-corrected chi connectivity index (χ3v) is 14.4. The summed E-state index contributed by atoms with van der Waals surface area (Å²) in [5.41, 5.74) is 3.92. The summed E-state index contributed by atoms with van der Waals surface area (Å²) >= 11 is 9.07. The number of hydrogen-bond acceptors (Lipinski definition) is 11. The normalized spacial score (nSPS) is 18.5. The molecule has 3 fully saturated rings. The fourth-order valence-electron chi connectivity index (χ4n) is 6.57. The Labute approximate surface area is 441 Å². The highest BCUT2D eigenvalue weighted by Crippen LogP contribution is 2.43. The zero-order valence-electron chi connectivity index (χ0n) is 41.5. The first-order valence-corrected chi connectivity index (χ1v) is 25.3. The topological polar surface area (TPSA) is 135 Å². The molecule has 3 aliphatic rings. The third kappa shape index (κ3) is 15.6. The van der Waals surface area contributed by atoms with E-state index in [9.17, 15) is 0 Å². The molecule has 6 heterocycles. The van der Waals surface area contributed by atoms with Crippen LogP contribution in [0.25, 0.3) is 22.3 Å². The summed E-state index contributed by atoms with van der Waals surface area (Å²) in [7, 11) is -2.68. The number of halogens is 3. The van der Waals surface area contributed by atoms with E-state index in [0.717, 1.165) is 31.1 Å². The first-order chi connectivity index (χ1) is 32.2. The van der Waals surface area contributed by atoms with Gasteiger partial charge in [-0.2, -0.15) is 0 Å². The Morgan fingerprint density at radius 3 is 1.17 bits per heavy atom. The summed E-state index contributed by atoms with van der Waals surface area (Å²) in [5, 5.41) is 17.1. The molecule has 3 aromatic heterocycles. The molecule has 6 aromatic rings. The van der Waals surface area contributed by atoms with Crippen LogP contribution in [0, 0.1) is 3.57 Å². The Morgan fingerprint density at radius 2 is 0.826 bits per heavy atom. The second kappa shape index (κ2) is 24.0. The number of rotatable bonds is 5. The van der Waals surface area contributed by atoms with Crippen LogP contribution in [-0.2, 0) is 27.9 Å². The van der Waals surface area contributed by atoms with E-state index >= 15 is 0 Å². The Hall–Kier alpha value is -3.26. The molecule has 3 aromatic carbocycles. The highest BCUT2D eigenvalue weighted by Gasteiger charge is 2.63. The third-order valence-electron chi connectivity index (χ3n) is 12.8. The SMILES string of the molecule is Brc1cccc(-c2cccnc2)c1.Brc1cccc(I)c1.CC1(C)OB(B2OC(C)(C)C(C)(C)O2)OC1(C)C.CC1(C)OB(c2cccc(-c3cccnc3)c2)OC1(C)C.OB(O)c1cccnc1. The number of hydrogen-bond donors (Lipinski definition) is 2. The smallest absolute Gasteiger partial charge is 0.423 e. The minimum atomic E-state index is -1.40. The maximum absolute atomic E-state index is 8.54. The molecule has 0 saturated carbocycles. The van der Waals surface area contributed by atoms with Crippen molar-refractivity contribution in [1.29, 1.82) is 0 Å². The monoisotopic (exact) mass is 1170 g/mol. The molecule has 0 amide bonds. The molecular weight excluding hydrogens is 1110 g/mol. The van der Waals surface area contributed by atoms with Crippen LogP contribution in [0.1, 0.15) is 83.1 Å². The van der Waals surface area contributed by atoms with Gasteiger partial charge in [0.2, 0.25) is 0 Å². The van der Waals surface area contributed by atoms with Gasteiger partial charge >= 0.3 is 28.3 Å². The number of aromatic nitrogens is 3. The van der Waals surface area contributed by atoms with E-state index in [1.54, 1.807) is 30.7 Å². The molecule has 18 heteroatoms. The molecule has 0 unspecified atom stereocenters. The first kappa shape index (κ1) is 56.7. The minimum absolute atomic E-state index is 0.317. The van der Waals surface area contributed by atoms with Crippen LogP contribution in [0.3, 0.4) is 0 Å². The summed E-state index contributed by atoms with van der Waals surface area (Å²) in [4.78, 5) is 11.9. The molecule has 3 saturated heterocycles. The maximum atomic E-state index is 8.54. The molecule has 0 spiro atoms. The quantitative estimate of drug-likeness (QED) is 0.126. The molecule has 69 heavy (non-hydrogen) atoms. The van der Waals surface area contributed by atoms with Gasteiger partial charge < -0.3 is 38.0 Å². The van der Waals surface area contributed by atoms with Crippen molar-refractivity contribution in [2.75, 3.05) is 0 Å². The first-order valence-electron chi connectivity index (χ1n) is 22.6. The summed E-state index contributed by atoms with van der Waals surface area (Å²) < 4.78 is 39.6. The van der Waals surface area contributed by atoms with E-state index in [-0.39, 0.29) is 40.7 Å². The Balaban J connectivity index is 0.000000168. The lowest BCUT2D eigenvalue weighted by Crippen LogP contribution is -2.41. The van der Waals surface area contributed by atoms with Gasteiger partial charge in [-0.05, 0) is 176 Å². The summed E-state index contributed by atoms with van der Waals surface area (Å²) in [6.07, 6.45) is 10.3. The van der Waals surface area contributed by atoms with Crippen LogP contribution in [0.5, 0.6) is 0 Å². The van der Waals surface area contributed by atoms with E-state index in [0.29, 0.717) is 5.46 Å². The molecule has 362 valence electrons. The molecule has 3 aliphatic heterocycles. The summed E-state index contributed by atoms with van der Waals surface area (Å²) in [6.45, 7) is 24.5. The molecular formula is C51H62B4Br2IN3O8. The molecule has 2 N–H and O–H groups in total. The highest BCUT2D eigenvalue weighted by atomic mass is 127. The zero-order chi connectivity index (χ0) is 50.8. The van der Waals surface area contributed by atoms with Crippen LogP contribution >= 0.6 is 54.5 Å². The van der Waals surface area contributed by atoms with Crippen molar-refractivity contribution in [3.63, 3.8) is 0 Å². The molecule has 0 aliphatic carbocycles. The second-order valence-electron chi connectivity index (χ2n) is 19.6. The summed E-state index contributed by atoms with van der Waals surface area (Å²) in [6, 6.07) is 35.8. The molecule has 0 radical (unpaired) electrons. The fourth-order valence-corrected chi connectivity index (χ4v) is 8.34. The summed E-state index contributed by atoms with van der Waals surface area (Å²) in [5.74, 6) is 0. The average molecular weight is 1180 g/mol. The van der Waals surface area contributed by atoms with Gasteiger partial charge in [0.1, 0.15) is 0 Å². The van der Waals surface area contributed by atoms with Crippen LogP contribution in [-0.4, -0.2) is 86.9 Å². The van der Waals surface area contributed by atoms with E-state index in [2.05, 4.69) is 146 Å². The van der Waals surface area contributed by atoms with Crippen LogP contribution in [0.2, 0.25) is 0 Å². The highest BCUT2D eigenvalue weighted by molar-refractivity contribution is 14.1. The maximum Gasteiger partial charge on any atom is 0.494 e. The van der Waals surface area contributed by atoms with Gasteiger partial charge in [-0.15, -0.1) is 0 Å². The van der Waals surface area contributed by atoms with Gasteiger partial charge in [0.05, 0.1) is 33.6 Å². The average Bonchev–Trinajstić information content (AvgIpc) is 3.77. The van der Waals surface area contributed by atoms with Crippen molar-refractivity contribution >= 4 is 93.6 Å². The van der Waals surface area contributed by atoms with Gasteiger partial charge in [0.25, 0.3) is 0 Å². The lowest BCUT2D eigenvalue weighted by molar-refractivity contribution is 0.00578. The van der Waals surface area contributed by atoms with Crippen molar-refractivity contribution in [3.8, 4) is 22.3 Å². The number of pyridine rings is 3. The van der Waals surface area contributed by atoms with Crippen LogP contribution in [0.4, 0.5) is 0 Å². The number of nitrogens with zero attached hydrogens (tertiary/aromatic N) is 3. The van der Waals surface area contributed by atoms with Crippen molar-refractivity contribution < 1.29 is 38.0 Å². The van der Waals surface area contributed by atoms with Crippen molar-refractivity contribution in [3.05, 3.63) is 159 Å². The molecule has 0 atom stereocenters. The van der Waals surface area contributed by atoms with Gasteiger partial charge in [-0.1, -0.05) is 92.5 Å². The predicted molar refractivity (Wildman–Crippen MR) is 296 cm³/mol. The van der Waals surface area contributed by atoms with Crippen molar-refractivity contribution in [2.24, 2.45) is 0 Å².